The fourth-order valence-corrected chi connectivity index (χ4v) is 5.39. The van der Waals surface area contributed by atoms with E-state index in [1.807, 2.05) is 18.2 Å². The standard InChI is InChI=1S/C21H24N2O5S/c1-27-19-8-6-17(14-20(19)29(25,26)23-9-11-28-12-10-23)21(24)22-18-7-5-15-3-2-4-16(15)13-18/h5-8,13-14H,2-4,9-12H2,1H3,(H,22,24). The van der Waals surface area contributed by atoms with Gasteiger partial charge in [-0.3, -0.25) is 4.79 Å². The van der Waals surface area contributed by atoms with E-state index in [0.29, 0.717) is 18.9 Å². The Morgan fingerprint density at radius 1 is 1.07 bits per heavy atom. The molecular formula is C21H24N2O5S. The summed E-state index contributed by atoms with van der Waals surface area (Å²) in [7, 11) is -2.38. The van der Waals surface area contributed by atoms with Gasteiger partial charge in [-0.1, -0.05) is 6.07 Å². The highest BCUT2D eigenvalue weighted by Crippen LogP contribution is 2.29. The average Bonchev–Trinajstić information content (AvgIpc) is 3.21. The largest absolute Gasteiger partial charge is 0.495 e. The molecular weight excluding hydrogens is 392 g/mol. The van der Waals surface area contributed by atoms with Gasteiger partial charge in [-0.25, -0.2) is 8.42 Å². The molecule has 29 heavy (non-hydrogen) atoms. The van der Waals surface area contributed by atoms with Crippen LogP contribution in [0, 0.1) is 0 Å². The van der Waals surface area contributed by atoms with Crippen molar-refractivity contribution in [1.29, 1.82) is 0 Å². The Bertz CT molecular complexity index is 1030. The molecule has 1 heterocycles. The summed E-state index contributed by atoms with van der Waals surface area (Å²) in [4.78, 5) is 12.8. The molecule has 7 nitrogen and oxygen atoms in total. The summed E-state index contributed by atoms with van der Waals surface area (Å²) in [6, 6.07) is 10.4. The molecule has 8 heteroatoms. The van der Waals surface area contributed by atoms with E-state index >= 15 is 0 Å². The minimum atomic E-state index is -3.79. The molecule has 0 atom stereocenters. The number of methoxy groups -OCH3 is 1. The molecule has 1 N–H and O–H groups in total. The summed E-state index contributed by atoms with van der Waals surface area (Å²) in [6.07, 6.45) is 3.22. The van der Waals surface area contributed by atoms with Gasteiger partial charge in [0.2, 0.25) is 10.0 Å². The second kappa shape index (κ2) is 8.14. The molecule has 2 aliphatic rings. The normalized spacial score (nSPS) is 17.0. The van der Waals surface area contributed by atoms with E-state index in [-0.39, 0.29) is 35.2 Å². The number of nitrogens with zero attached hydrogens (tertiary/aromatic N) is 1. The molecule has 0 saturated carbocycles. The van der Waals surface area contributed by atoms with E-state index in [0.717, 1.165) is 19.3 Å². The first-order valence-electron chi connectivity index (χ1n) is 9.68. The number of carbonyl (C=O) groups excluding carboxylic acids is 1. The van der Waals surface area contributed by atoms with Crippen molar-refractivity contribution in [2.45, 2.75) is 24.2 Å². The molecule has 4 rings (SSSR count). The van der Waals surface area contributed by atoms with Crippen LogP contribution in [-0.2, 0) is 27.6 Å². The lowest BCUT2D eigenvalue weighted by Crippen LogP contribution is -2.40. The summed E-state index contributed by atoms with van der Waals surface area (Å²) in [6.45, 7) is 1.24. The molecule has 0 radical (unpaired) electrons. The van der Waals surface area contributed by atoms with Crippen molar-refractivity contribution in [3.05, 3.63) is 53.1 Å². The van der Waals surface area contributed by atoms with Gasteiger partial charge in [-0.15, -0.1) is 0 Å². The smallest absolute Gasteiger partial charge is 0.255 e. The number of amides is 1. The van der Waals surface area contributed by atoms with E-state index in [1.54, 1.807) is 6.07 Å². The van der Waals surface area contributed by atoms with Gasteiger partial charge >= 0.3 is 0 Å². The van der Waals surface area contributed by atoms with Crippen LogP contribution in [0.3, 0.4) is 0 Å². The molecule has 0 unspecified atom stereocenters. The molecule has 0 bridgehead atoms. The number of carbonyl (C=O) groups is 1. The molecule has 1 saturated heterocycles. The van der Waals surface area contributed by atoms with Gasteiger partial charge in [0.25, 0.3) is 5.91 Å². The van der Waals surface area contributed by atoms with E-state index in [4.69, 9.17) is 9.47 Å². The van der Waals surface area contributed by atoms with Crippen LogP contribution in [0.4, 0.5) is 5.69 Å². The molecule has 2 aromatic carbocycles. The number of morpholine rings is 1. The second-order valence-electron chi connectivity index (χ2n) is 7.17. The number of aryl methyl sites for hydroxylation is 2. The van der Waals surface area contributed by atoms with E-state index in [2.05, 4.69) is 5.32 Å². The zero-order valence-corrected chi connectivity index (χ0v) is 17.1. The van der Waals surface area contributed by atoms with E-state index < -0.39 is 10.0 Å². The number of ether oxygens (including phenoxy) is 2. The van der Waals surface area contributed by atoms with Gasteiger partial charge in [-0.05, 0) is 60.7 Å². The van der Waals surface area contributed by atoms with Gasteiger partial charge in [0.05, 0.1) is 20.3 Å². The summed E-state index contributed by atoms with van der Waals surface area (Å²) in [5.41, 5.74) is 3.56. The summed E-state index contributed by atoms with van der Waals surface area (Å²) in [5, 5.41) is 2.88. The van der Waals surface area contributed by atoms with Crippen LogP contribution in [0.2, 0.25) is 0 Å². The Morgan fingerprint density at radius 3 is 2.59 bits per heavy atom. The highest BCUT2D eigenvalue weighted by Gasteiger charge is 2.30. The summed E-state index contributed by atoms with van der Waals surface area (Å²) < 4.78 is 38.0. The fraction of sp³-hybridized carbons (Fsp3) is 0.381. The quantitative estimate of drug-likeness (QED) is 0.809. The highest BCUT2D eigenvalue weighted by molar-refractivity contribution is 7.89. The molecule has 154 valence electrons. The van der Waals surface area contributed by atoms with Crippen LogP contribution in [0.15, 0.2) is 41.3 Å². The minimum absolute atomic E-state index is 0.0106. The predicted octanol–water partition coefficient (Wildman–Crippen LogP) is 2.46. The van der Waals surface area contributed by atoms with E-state index in [1.165, 1.54) is 34.7 Å². The van der Waals surface area contributed by atoms with Crippen molar-refractivity contribution in [1.82, 2.24) is 4.31 Å². The number of nitrogens with one attached hydrogen (secondary N) is 1. The molecule has 0 aromatic heterocycles. The van der Waals surface area contributed by atoms with Gasteiger partial charge in [0, 0.05) is 24.3 Å². The van der Waals surface area contributed by atoms with Gasteiger partial charge < -0.3 is 14.8 Å². The third-order valence-electron chi connectivity index (χ3n) is 5.37. The monoisotopic (exact) mass is 416 g/mol. The van der Waals surface area contributed by atoms with Crippen molar-refractivity contribution in [2.75, 3.05) is 38.7 Å². The van der Waals surface area contributed by atoms with E-state index in [9.17, 15) is 13.2 Å². The summed E-state index contributed by atoms with van der Waals surface area (Å²) >= 11 is 0. The van der Waals surface area contributed by atoms with Gasteiger partial charge in [-0.2, -0.15) is 4.31 Å². The molecule has 1 aliphatic heterocycles. The zero-order valence-electron chi connectivity index (χ0n) is 16.3. The number of anilines is 1. The van der Waals surface area contributed by atoms with Gasteiger partial charge in [0.1, 0.15) is 10.6 Å². The van der Waals surface area contributed by atoms with Crippen molar-refractivity contribution in [2.24, 2.45) is 0 Å². The van der Waals surface area contributed by atoms with Crippen molar-refractivity contribution in [3.8, 4) is 5.75 Å². The van der Waals surface area contributed by atoms with Crippen molar-refractivity contribution < 1.29 is 22.7 Å². The minimum Gasteiger partial charge on any atom is -0.495 e. The first-order chi connectivity index (χ1) is 14.0. The van der Waals surface area contributed by atoms with Crippen LogP contribution in [-0.4, -0.2) is 52.0 Å². The number of benzene rings is 2. The Labute approximate surface area is 170 Å². The molecule has 1 amide bonds. The Balaban J connectivity index is 1.61. The lowest BCUT2D eigenvalue weighted by atomic mass is 10.1. The van der Waals surface area contributed by atoms with Crippen LogP contribution in [0.1, 0.15) is 27.9 Å². The third kappa shape index (κ3) is 4.01. The fourth-order valence-electron chi connectivity index (χ4n) is 3.80. The van der Waals surface area contributed by atoms with Crippen molar-refractivity contribution >= 4 is 21.6 Å². The predicted molar refractivity (Wildman–Crippen MR) is 109 cm³/mol. The van der Waals surface area contributed by atoms with Crippen LogP contribution in [0.5, 0.6) is 5.75 Å². The number of fused-ring (bicyclic) bond motifs is 1. The highest BCUT2D eigenvalue weighted by atomic mass is 32.2. The third-order valence-corrected chi connectivity index (χ3v) is 7.29. The maximum absolute atomic E-state index is 13.1. The van der Waals surface area contributed by atoms with Crippen LogP contribution >= 0.6 is 0 Å². The van der Waals surface area contributed by atoms with Gasteiger partial charge in [0.15, 0.2) is 0 Å². The first-order valence-corrected chi connectivity index (χ1v) is 11.1. The number of sulfonamides is 1. The molecule has 1 fully saturated rings. The molecule has 0 spiro atoms. The van der Waals surface area contributed by atoms with Crippen LogP contribution in [0.25, 0.3) is 0 Å². The molecule has 2 aromatic rings. The number of hydrogen-bond acceptors (Lipinski definition) is 5. The average molecular weight is 416 g/mol. The zero-order chi connectivity index (χ0) is 20.4. The lowest BCUT2D eigenvalue weighted by Gasteiger charge is -2.26. The lowest BCUT2D eigenvalue weighted by molar-refractivity contribution is 0.0729. The Kier molecular flexibility index (Phi) is 5.58. The Hall–Kier alpha value is -2.42. The molecule has 1 aliphatic carbocycles. The number of hydrogen-bond donors (Lipinski definition) is 1. The maximum atomic E-state index is 13.1. The second-order valence-corrected chi connectivity index (χ2v) is 9.08. The topological polar surface area (TPSA) is 84.9 Å². The maximum Gasteiger partial charge on any atom is 0.255 e. The number of rotatable bonds is 5. The summed E-state index contributed by atoms with van der Waals surface area (Å²) in [5.74, 6) is -0.144. The first kappa shape index (κ1) is 19.9. The Morgan fingerprint density at radius 2 is 1.83 bits per heavy atom. The SMILES string of the molecule is COc1ccc(C(=O)Nc2ccc3c(c2)CCC3)cc1S(=O)(=O)N1CCOCC1. The van der Waals surface area contributed by atoms with Crippen molar-refractivity contribution in [3.63, 3.8) is 0 Å². The van der Waals surface area contributed by atoms with Crippen LogP contribution < -0.4 is 10.1 Å².